The normalized spacial score (nSPS) is 16.2. The maximum atomic E-state index is 6.17. The Labute approximate surface area is 190 Å². The Balaban J connectivity index is 0.00000300. The second-order valence-electron chi connectivity index (χ2n) is 7.12. The molecule has 2 aromatic rings. The molecule has 1 unspecified atom stereocenters. The van der Waals surface area contributed by atoms with E-state index in [9.17, 15) is 0 Å². The second kappa shape index (κ2) is 12.0. The first kappa shape index (κ1) is 23.4. The van der Waals surface area contributed by atoms with E-state index < -0.39 is 0 Å². The van der Waals surface area contributed by atoms with Gasteiger partial charge in [-0.05, 0) is 49.1 Å². The van der Waals surface area contributed by atoms with Crippen molar-refractivity contribution in [2.45, 2.75) is 39.3 Å². The zero-order chi connectivity index (χ0) is 19.8. The predicted octanol–water partition coefficient (Wildman–Crippen LogP) is 3.39. The summed E-state index contributed by atoms with van der Waals surface area (Å²) in [6.45, 7) is 7.06. The molecule has 6 nitrogen and oxygen atoms in total. The molecule has 2 N–H and O–H groups in total. The fourth-order valence-corrected chi connectivity index (χ4v) is 3.20. The Hall–Kier alpha value is -1.87. The second-order valence-corrected chi connectivity index (χ2v) is 7.12. The van der Waals surface area contributed by atoms with Crippen molar-refractivity contribution in [3.63, 3.8) is 0 Å². The van der Waals surface area contributed by atoms with Crippen LogP contribution >= 0.6 is 24.0 Å². The van der Waals surface area contributed by atoms with Gasteiger partial charge < -0.3 is 20.1 Å². The lowest BCUT2D eigenvalue weighted by molar-refractivity contribution is 0.140. The summed E-state index contributed by atoms with van der Waals surface area (Å²) in [6, 6.07) is 8.38. The highest BCUT2D eigenvalue weighted by Crippen LogP contribution is 2.23. The van der Waals surface area contributed by atoms with Crippen LogP contribution in [0.4, 0.5) is 0 Å². The summed E-state index contributed by atoms with van der Waals surface area (Å²) in [5.74, 6) is 1.70. The lowest BCUT2D eigenvalue weighted by Crippen LogP contribution is -2.38. The number of halogens is 1. The molecule has 158 valence electrons. The van der Waals surface area contributed by atoms with E-state index in [1.165, 1.54) is 16.7 Å². The number of nitrogens with one attached hydrogen (secondary N) is 2. The minimum Gasteiger partial charge on any atom is -0.488 e. The number of aromatic nitrogens is 1. The number of ether oxygens (including phenoxy) is 2. The van der Waals surface area contributed by atoms with Crippen LogP contribution in [0, 0.1) is 13.8 Å². The molecule has 0 saturated carbocycles. The van der Waals surface area contributed by atoms with Crippen molar-refractivity contribution >= 4 is 29.9 Å². The fraction of sp³-hybridized carbons (Fsp3) is 0.455. The summed E-state index contributed by atoms with van der Waals surface area (Å²) >= 11 is 0. The first-order chi connectivity index (χ1) is 13.7. The molecule has 2 heterocycles. The van der Waals surface area contributed by atoms with Gasteiger partial charge in [0.15, 0.2) is 5.96 Å². The average molecular weight is 510 g/mol. The van der Waals surface area contributed by atoms with E-state index in [0.717, 1.165) is 43.3 Å². The summed E-state index contributed by atoms with van der Waals surface area (Å²) in [5, 5.41) is 6.76. The molecule has 1 aromatic heterocycles. The van der Waals surface area contributed by atoms with Gasteiger partial charge in [-0.1, -0.05) is 12.1 Å². The maximum Gasteiger partial charge on any atom is 0.191 e. The third-order valence-corrected chi connectivity index (χ3v) is 4.90. The SMILES string of the molecule is CN=C(NCCc1ccncc1C)NCc1ccc(C)cc1OC1CCOC1.I. The molecule has 1 aromatic carbocycles. The van der Waals surface area contributed by atoms with Crippen LogP contribution in [0.5, 0.6) is 5.75 Å². The Morgan fingerprint density at radius 3 is 2.83 bits per heavy atom. The van der Waals surface area contributed by atoms with E-state index in [0.29, 0.717) is 13.2 Å². The molecule has 29 heavy (non-hydrogen) atoms. The first-order valence-electron chi connectivity index (χ1n) is 9.83. The van der Waals surface area contributed by atoms with Crippen molar-refractivity contribution in [2.24, 2.45) is 4.99 Å². The van der Waals surface area contributed by atoms with Crippen LogP contribution in [0.2, 0.25) is 0 Å². The molecule has 0 amide bonds. The minimum atomic E-state index is 0. The zero-order valence-corrected chi connectivity index (χ0v) is 19.7. The molecule has 0 bridgehead atoms. The van der Waals surface area contributed by atoms with Crippen LogP contribution in [0.25, 0.3) is 0 Å². The molecular weight excluding hydrogens is 479 g/mol. The fourth-order valence-electron chi connectivity index (χ4n) is 3.20. The summed E-state index contributed by atoms with van der Waals surface area (Å²) in [5.41, 5.74) is 4.81. The van der Waals surface area contributed by atoms with Crippen LogP contribution in [-0.2, 0) is 17.7 Å². The predicted molar refractivity (Wildman–Crippen MR) is 127 cm³/mol. The minimum absolute atomic E-state index is 0. The molecule has 0 aliphatic carbocycles. The van der Waals surface area contributed by atoms with Crippen molar-refractivity contribution in [3.05, 3.63) is 58.9 Å². The van der Waals surface area contributed by atoms with E-state index >= 15 is 0 Å². The Bertz CT molecular complexity index is 807. The highest BCUT2D eigenvalue weighted by atomic mass is 127. The van der Waals surface area contributed by atoms with Crippen molar-refractivity contribution in [1.29, 1.82) is 0 Å². The Kier molecular flexibility index (Phi) is 9.66. The summed E-state index contributed by atoms with van der Waals surface area (Å²) in [4.78, 5) is 8.47. The number of nitrogens with zero attached hydrogens (tertiary/aromatic N) is 2. The molecule has 3 rings (SSSR count). The number of hydrogen-bond donors (Lipinski definition) is 2. The topological polar surface area (TPSA) is 67.8 Å². The summed E-state index contributed by atoms with van der Waals surface area (Å²) in [7, 11) is 1.79. The molecule has 1 atom stereocenters. The van der Waals surface area contributed by atoms with Crippen molar-refractivity contribution in [2.75, 3.05) is 26.8 Å². The number of aryl methyl sites for hydroxylation is 2. The number of hydrogen-bond acceptors (Lipinski definition) is 4. The molecule has 1 saturated heterocycles. The van der Waals surface area contributed by atoms with E-state index in [1.54, 1.807) is 7.05 Å². The van der Waals surface area contributed by atoms with E-state index in [2.05, 4.69) is 58.7 Å². The number of guanidine groups is 1. The molecule has 0 radical (unpaired) electrons. The first-order valence-corrected chi connectivity index (χ1v) is 9.83. The highest BCUT2D eigenvalue weighted by Gasteiger charge is 2.18. The van der Waals surface area contributed by atoms with Gasteiger partial charge in [-0.25, -0.2) is 0 Å². The summed E-state index contributed by atoms with van der Waals surface area (Å²) in [6.07, 6.45) is 5.75. The van der Waals surface area contributed by atoms with E-state index in [4.69, 9.17) is 9.47 Å². The van der Waals surface area contributed by atoms with Crippen LogP contribution in [0.1, 0.15) is 28.7 Å². The smallest absolute Gasteiger partial charge is 0.191 e. The number of rotatable bonds is 7. The average Bonchev–Trinajstić information content (AvgIpc) is 3.20. The molecule has 1 aliphatic heterocycles. The number of pyridine rings is 1. The van der Waals surface area contributed by atoms with Crippen molar-refractivity contribution in [1.82, 2.24) is 15.6 Å². The lowest BCUT2D eigenvalue weighted by atomic mass is 10.1. The Morgan fingerprint density at radius 1 is 1.24 bits per heavy atom. The van der Waals surface area contributed by atoms with Gasteiger partial charge in [0.05, 0.1) is 13.2 Å². The van der Waals surface area contributed by atoms with E-state index in [-0.39, 0.29) is 30.1 Å². The van der Waals surface area contributed by atoms with Gasteiger partial charge in [0.1, 0.15) is 11.9 Å². The van der Waals surface area contributed by atoms with Gasteiger partial charge in [0.2, 0.25) is 0 Å². The largest absolute Gasteiger partial charge is 0.488 e. The molecule has 1 fully saturated rings. The molecule has 1 aliphatic rings. The van der Waals surface area contributed by atoms with Crippen LogP contribution in [0.3, 0.4) is 0 Å². The molecule has 7 heteroatoms. The standard InChI is InChI=1S/C22H30N4O2.HI/c1-16-4-5-19(21(12-16)28-20-8-11-27-15-20)14-26-22(23-3)25-10-7-18-6-9-24-13-17(18)2;/h4-6,9,12-13,20H,7-8,10-11,14-15H2,1-3H3,(H2,23,25,26);1H. The quantitative estimate of drug-likeness (QED) is 0.340. The highest BCUT2D eigenvalue weighted by molar-refractivity contribution is 14.0. The van der Waals surface area contributed by atoms with Crippen LogP contribution in [0.15, 0.2) is 41.7 Å². The van der Waals surface area contributed by atoms with Crippen molar-refractivity contribution in [3.8, 4) is 5.75 Å². The monoisotopic (exact) mass is 510 g/mol. The third kappa shape index (κ3) is 7.15. The van der Waals surface area contributed by atoms with Crippen molar-refractivity contribution < 1.29 is 9.47 Å². The molecular formula is C22H31IN4O2. The summed E-state index contributed by atoms with van der Waals surface area (Å²) < 4.78 is 11.6. The Morgan fingerprint density at radius 2 is 2.10 bits per heavy atom. The molecule has 0 spiro atoms. The van der Waals surface area contributed by atoms with Crippen LogP contribution in [-0.4, -0.2) is 43.9 Å². The van der Waals surface area contributed by atoms with Gasteiger partial charge in [0, 0.05) is 44.5 Å². The van der Waals surface area contributed by atoms with Gasteiger partial charge in [0.25, 0.3) is 0 Å². The van der Waals surface area contributed by atoms with Crippen LogP contribution < -0.4 is 15.4 Å². The van der Waals surface area contributed by atoms with Gasteiger partial charge in [-0.3, -0.25) is 9.98 Å². The number of benzene rings is 1. The van der Waals surface area contributed by atoms with E-state index in [1.807, 2.05) is 12.4 Å². The zero-order valence-electron chi connectivity index (χ0n) is 17.4. The third-order valence-electron chi connectivity index (χ3n) is 4.90. The van der Waals surface area contributed by atoms with Gasteiger partial charge >= 0.3 is 0 Å². The van der Waals surface area contributed by atoms with Gasteiger partial charge in [-0.15, -0.1) is 24.0 Å². The maximum absolute atomic E-state index is 6.17. The van der Waals surface area contributed by atoms with Gasteiger partial charge in [-0.2, -0.15) is 0 Å². The number of aliphatic imine (C=N–C) groups is 1. The lowest BCUT2D eigenvalue weighted by Gasteiger charge is -2.18.